The van der Waals surface area contributed by atoms with Gasteiger partial charge in [-0.15, -0.1) is 0 Å². The number of likely N-dealkylation sites (tertiary alicyclic amines) is 1. The zero-order valence-electron chi connectivity index (χ0n) is 15.2. The summed E-state index contributed by atoms with van der Waals surface area (Å²) >= 11 is 0. The van der Waals surface area contributed by atoms with Crippen molar-refractivity contribution in [2.45, 2.75) is 31.5 Å². The van der Waals surface area contributed by atoms with E-state index in [1.54, 1.807) is 0 Å². The molecule has 0 unspecified atom stereocenters. The summed E-state index contributed by atoms with van der Waals surface area (Å²) < 4.78 is 0. The van der Waals surface area contributed by atoms with Crippen LogP contribution in [0.5, 0.6) is 0 Å². The van der Waals surface area contributed by atoms with Crippen molar-refractivity contribution in [2.75, 3.05) is 6.54 Å². The Hall–Kier alpha value is -2.42. The van der Waals surface area contributed by atoms with Gasteiger partial charge in [0.2, 0.25) is 0 Å². The summed E-state index contributed by atoms with van der Waals surface area (Å²) in [5.74, 6) is 0. The Kier molecular flexibility index (Phi) is 4.62. The van der Waals surface area contributed by atoms with Gasteiger partial charge < -0.3 is 5.11 Å². The fourth-order valence-electron chi connectivity index (χ4n) is 4.02. The molecule has 0 radical (unpaired) electrons. The molecule has 1 N–H and O–H groups in total. The standard InChI is InChI=1S/C24H25NO/c1-19-16-24(26,18-25(19)17-20-8-4-2-5-9-20)23-14-12-22(13-15-23)21-10-6-3-7-11-21/h2-15,19,26H,16-18H2,1H3/t19-,24-/m0/s1. The number of β-amino-alcohol motifs (C(OH)–C–C–N with tert-alkyl or cyclic N) is 1. The van der Waals surface area contributed by atoms with Crippen LogP contribution in [0.4, 0.5) is 0 Å². The topological polar surface area (TPSA) is 23.5 Å². The molecule has 0 spiro atoms. The predicted octanol–water partition coefficient (Wildman–Crippen LogP) is 4.84. The van der Waals surface area contributed by atoms with E-state index in [1.807, 2.05) is 12.1 Å². The maximum absolute atomic E-state index is 11.3. The van der Waals surface area contributed by atoms with Crippen molar-refractivity contribution in [3.05, 3.63) is 96.1 Å². The van der Waals surface area contributed by atoms with E-state index in [0.717, 1.165) is 18.5 Å². The molecule has 0 aliphatic carbocycles. The Morgan fingerprint density at radius 3 is 2.08 bits per heavy atom. The van der Waals surface area contributed by atoms with Crippen molar-refractivity contribution < 1.29 is 5.11 Å². The van der Waals surface area contributed by atoms with E-state index in [9.17, 15) is 5.11 Å². The highest BCUT2D eigenvalue weighted by Gasteiger charge is 2.41. The number of nitrogens with zero attached hydrogens (tertiary/aromatic N) is 1. The molecule has 132 valence electrons. The Morgan fingerprint density at radius 2 is 1.42 bits per heavy atom. The Bertz CT molecular complexity index is 844. The second-order valence-electron chi connectivity index (χ2n) is 7.42. The second kappa shape index (κ2) is 7.06. The Balaban J connectivity index is 1.52. The van der Waals surface area contributed by atoms with Gasteiger partial charge in [-0.25, -0.2) is 0 Å². The number of hydrogen-bond donors (Lipinski definition) is 1. The Morgan fingerprint density at radius 1 is 0.846 bits per heavy atom. The van der Waals surface area contributed by atoms with Crippen molar-refractivity contribution >= 4 is 0 Å². The molecule has 1 fully saturated rings. The van der Waals surface area contributed by atoms with Crippen LogP contribution < -0.4 is 0 Å². The Labute approximate surface area is 155 Å². The van der Waals surface area contributed by atoms with Gasteiger partial charge in [0.15, 0.2) is 0 Å². The molecule has 4 rings (SSSR count). The van der Waals surface area contributed by atoms with Crippen LogP contribution in [0.25, 0.3) is 11.1 Å². The number of benzene rings is 3. The quantitative estimate of drug-likeness (QED) is 0.733. The lowest BCUT2D eigenvalue weighted by molar-refractivity contribution is 0.0453. The summed E-state index contributed by atoms with van der Waals surface area (Å²) in [6.45, 7) is 3.76. The van der Waals surface area contributed by atoms with Crippen LogP contribution in [-0.4, -0.2) is 22.6 Å². The molecule has 2 atom stereocenters. The molecule has 0 amide bonds. The summed E-state index contributed by atoms with van der Waals surface area (Å²) in [6.07, 6.45) is 0.768. The molecular weight excluding hydrogens is 318 g/mol. The zero-order valence-corrected chi connectivity index (χ0v) is 15.2. The highest BCUT2D eigenvalue weighted by Crippen LogP contribution is 2.37. The molecule has 1 saturated heterocycles. The highest BCUT2D eigenvalue weighted by atomic mass is 16.3. The molecule has 1 heterocycles. The van der Waals surface area contributed by atoms with E-state index in [2.05, 4.69) is 84.6 Å². The third kappa shape index (κ3) is 3.44. The lowest BCUT2D eigenvalue weighted by atomic mass is 9.90. The minimum Gasteiger partial charge on any atom is -0.384 e. The minimum absolute atomic E-state index is 0.356. The van der Waals surface area contributed by atoms with Crippen LogP contribution in [0, 0.1) is 0 Å². The van der Waals surface area contributed by atoms with E-state index in [-0.39, 0.29) is 0 Å². The number of hydrogen-bond acceptors (Lipinski definition) is 2. The first-order chi connectivity index (χ1) is 12.6. The van der Waals surface area contributed by atoms with E-state index in [0.29, 0.717) is 12.6 Å². The third-order valence-electron chi connectivity index (χ3n) is 5.48. The average molecular weight is 343 g/mol. The fraction of sp³-hybridized carbons (Fsp3) is 0.250. The van der Waals surface area contributed by atoms with Crippen molar-refractivity contribution in [1.82, 2.24) is 4.90 Å². The fourth-order valence-corrected chi connectivity index (χ4v) is 4.02. The number of rotatable bonds is 4. The lowest BCUT2D eigenvalue weighted by Gasteiger charge is -2.24. The van der Waals surface area contributed by atoms with Crippen molar-refractivity contribution in [3.8, 4) is 11.1 Å². The molecule has 1 aliphatic rings. The van der Waals surface area contributed by atoms with Crippen LogP contribution in [0.15, 0.2) is 84.9 Å². The summed E-state index contributed by atoms with van der Waals surface area (Å²) in [4.78, 5) is 2.38. The SMILES string of the molecule is C[C@H]1C[C@@](O)(c2ccc(-c3ccccc3)cc2)CN1Cc1ccccc1. The van der Waals surface area contributed by atoms with Crippen LogP contribution >= 0.6 is 0 Å². The van der Waals surface area contributed by atoms with Crippen molar-refractivity contribution in [3.63, 3.8) is 0 Å². The first-order valence-electron chi connectivity index (χ1n) is 9.30. The highest BCUT2D eigenvalue weighted by molar-refractivity contribution is 5.63. The normalized spacial score (nSPS) is 23.2. The van der Waals surface area contributed by atoms with E-state index >= 15 is 0 Å². The van der Waals surface area contributed by atoms with Gasteiger partial charge >= 0.3 is 0 Å². The molecule has 26 heavy (non-hydrogen) atoms. The van der Waals surface area contributed by atoms with Gasteiger partial charge in [0.25, 0.3) is 0 Å². The van der Waals surface area contributed by atoms with Gasteiger partial charge in [-0.2, -0.15) is 0 Å². The molecule has 3 aromatic rings. The zero-order chi connectivity index (χ0) is 18.0. The largest absolute Gasteiger partial charge is 0.384 e. The van der Waals surface area contributed by atoms with Crippen LogP contribution in [0.1, 0.15) is 24.5 Å². The van der Waals surface area contributed by atoms with E-state index in [1.165, 1.54) is 16.7 Å². The first kappa shape index (κ1) is 17.0. The molecule has 2 heteroatoms. The van der Waals surface area contributed by atoms with Crippen molar-refractivity contribution in [2.24, 2.45) is 0 Å². The molecule has 0 saturated carbocycles. The molecule has 1 aliphatic heterocycles. The second-order valence-corrected chi connectivity index (χ2v) is 7.42. The van der Waals surface area contributed by atoms with Crippen LogP contribution in [0.2, 0.25) is 0 Å². The summed E-state index contributed by atoms with van der Waals surface area (Å²) in [6, 6.07) is 29.6. The van der Waals surface area contributed by atoms with E-state index in [4.69, 9.17) is 0 Å². The smallest absolute Gasteiger partial charge is 0.104 e. The van der Waals surface area contributed by atoms with Gasteiger partial charge in [-0.05, 0) is 35.6 Å². The van der Waals surface area contributed by atoms with E-state index < -0.39 is 5.60 Å². The van der Waals surface area contributed by atoms with Crippen LogP contribution in [0.3, 0.4) is 0 Å². The molecular formula is C24H25NO. The van der Waals surface area contributed by atoms with Gasteiger partial charge in [-0.3, -0.25) is 4.90 Å². The summed E-state index contributed by atoms with van der Waals surface area (Å²) in [5, 5.41) is 11.3. The molecule has 3 aromatic carbocycles. The van der Waals surface area contributed by atoms with Gasteiger partial charge in [0, 0.05) is 19.1 Å². The lowest BCUT2D eigenvalue weighted by Crippen LogP contribution is -2.31. The predicted molar refractivity (Wildman–Crippen MR) is 107 cm³/mol. The first-order valence-corrected chi connectivity index (χ1v) is 9.30. The van der Waals surface area contributed by atoms with Crippen molar-refractivity contribution in [1.29, 1.82) is 0 Å². The van der Waals surface area contributed by atoms with Gasteiger partial charge in [-0.1, -0.05) is 84.9 Å². The average Bonchev–Trinajstić information content (AvgIpc) is 2.98. The van der Waals surface area contributed by atoms with Crippen LogP contribution in [-0.2, 0) is 12.1 Å². The van der Waals surface area contributed by atoms with Gasteiger partial charge in [0.1, 0.15) is 5.60 Å². The molecule has 0 aromatic heterocycles. The monoisotopic (exact) mass is 343 g/mol. The number of aliphatic hydroxyl groups is 1. The summed E-state index contributed by atoms with van der Waals surface area (Å²) in [5.41, 5.74) is 3.92. The molecule has 2 nitrogen and oxygen atoms in total. The molecule has 0 bridgehead atoms. The third-order valence-corrected chi connectivity index (χ3v) is 5.48. The maximum Gasteiger partial charge on any atom is 0.104 e. The summed E-state index contributed by atoms with van der Waals surface area (Å²) in [7, 11) is 0. The maximum atomic E-state index is 11.3. The van der Waals surface area contributed by atoms with Gasteiger partial charge in [0.05, 0.1) is 0 Å². The minimum atomic E-state index is -0.774.